The molecule has 14 N–H and O–H groups in total. The predicted octanol–water partition coefficient (Wildman–Crippen LogP) is -2.65. The van der Waals surface area contributed by atoms with Crippen molar-refractivity contribution < 1.29 is 29.1 Å². The van der Waals surface area contributed by atoms with Gasteiger partial charge in [-0.15, -0.1) is 0 Å². The number of unbranched alkanes of at least 4 members (excludes halogenated alkanes) is 1. The smallest absolute Gasteiger partial charge is 0.326 e. The molecule has 0 heterocycles. The fraction of sp³-hybridized carbons (Fsp3) is 0.739. The molecule has 4 atom stereocenters. The summed E-state index contributed by atoms with van der Waals surface area (Å²) in [4.78, 5) is 65.5. The molecule has 0 rings (SSSR count). The van der Waals surface area contributed by atoms with E-state index in [1.807, 2.05) is 13.8 Å². The molecule has 4 amide bonds. The van der Waals surface area contributed by atoms with Gasteiger partial charge in [-0.25, -0.2) is 4.79 Å². The van der Waals surface area contributed by atoms with Crippen LogP contribution in [0, 0.1) is 5.92 Å². The number of amides is 4. The molecule has 0 radical (unpaired) electrons. The van der Waals surface area contributed by atoms with E-state index >= 15 is 0 Å². The van der Waals surface area contributed by atoms with Crippen LogP contribution in [0.15, 0.2) is 4.99 Å². The van der Waals surface area contributed by atoms with E-state index in [0.29, 0.717) is 25.8 Å². The largest absolute Gasteiger partial charge is 0.480 e. The van der Waals surface area contributed by atoms with Crippen LogP contribution in [0.3, 0.4) is 0 Å². The SMILES string of the molecule is CC(C)CC(NC(=O)C(CCCN=C(N)N)NC(=O)C(CCC(N)=O)NC(=O)C(N)CCCCN)C(=O)O. The Hall–Kier alpha value is -3.46. The second-order valence-electron chi connectivity index (χ2n) is 9.50. The Kier molecular flexibility index (Phi) is 17.0. The van der Waals surface area contributed by atoms with Crippen LogP contribution in [0.25, 0.3) is 0 Å². The molecule has 38 heavy (non-hydrogen) atoms. The molecule has 15 heteroatoms. The minimum Gasteiger partial charge on any atom is -0.480 e. The van der Waals surface area contributed by atoms with Gasteiger partial charge >= 0.3 is 5.97 Å². The number of primary amides is 1. The van der Waals surface area contributed by atoms with Gasteiger partial charge in [-0.05, 0) is 51.0 Å². The maximum atomic E-state index is 13.1. The van der Waals surface area contributed by atoms with Crippen LogP contribution in [0.2, 0.25) is 0 Å². The number of carboxylic acid groups (broad SMARTS) is 1. The van der Waals surface area contributed by atoms with Crippen molar-refractivity contribution in [1.82, 2.24) is 16.0 Å². The van der Waals surface area contributed by atoms with Crippen molar-refractivity contribution in [1.29, 1.82) is 0 Å². The first-order valence-corrected chi connectivity index (χ1v) is 12.7. The summed E-state index contributed by atoms with van der Waals surface area (Å²) < 4.78 is 0. The van der Waals surface area contributed by atoms with E-state index in [9.17, 15) is 29.1 Å². The number of nitrogens with one attached hydrogen (secondary N) is 3. The first kappa shape index (κ1) is 34.5. The summed E-state index contributed by atoms with van der Waals surface area (Å²) in [6, 6.07) is -4.46. The molecule has 0 aliphatic carbocycles. The Morgan fingerprint density at radius 3 is 1.84 bits per heavy atom. The minimum atomic E-state index is -1.21. The van der Waals surface area contributed by atoms with Crippen LogP contribution < -0.4 is 44.6 Å². The van der Waals surface area contributed by atoms with Crippen LogP contribution >= 0.6 is 0 Å². The van der Waals surface area contributed by atoms with Crippen molar-refractivity contribution in [2.24, 2.45) is 39.6 Å². The second-order valence-corrected chi connectivity index (χ2v) is 9.50. The van der Waals surface area contributed by atoms with E-state index < -0.39 is 53.8 Å². The lowest BCUT2D eigenvalue weighted by Crippen LogP contribution is -2.57. The number of nitrogens with two attached hydrogens (primary N) is 5. The molecule has 0 aromatic carbocycles. The number of carbonyl (C=O) groups excluding carboxylic acids is 4. The van der Waals surface area contributed by atoms with Crippen molar-refractivity contribution in [3.8, 4) is 0 Å². The van der Waals surface area contributed by atoms with Crippen LogP contribution in [0.1, 0.15) is 65.2 Å². The van der Waals surface area contributed by atoms with E-state index in [-0.39, 0.29) is 50.5 Å². The molecule has 0 aliphatic rings. The van der Waals surface area contributed by atoms with Gasteiger partial charge in [0.2, 0.25) is 23.6 Å². The summed E-state index contributed by atoms with van der Waals surface area (Å²) in [5.74, 6) is -4.16. The van der Waals surface area contributed by atoms with E-state index in [0.717, 1.165) is 0 Å². The highest BCUT2D eigenvalue weighted by molar-refractivity contribution is 5.94. The summed E-state index contributed by atoms with van der Waals surface area (Å²) >= 11 is 0. The van der Waals surface area contributed by atoms with Gasteiger partial charge in [0.1, 0.15) is 18.1 Å². The second kappa shape index (κ2) is 18.7. The molecule has 0 aromatic heterocycles. The third-order valence-corrected chi connectivity index (χ3v) is 5.52. The van der Waals surface area contributed by atoms with E-state index in [4.69, 9.17) is 28.7 Å². The molecule has 0 bridgehead atoms. The number of aliphatic imine (C=N–C) groups is 1. The normalized spacial score (nSPS) is 14.0. The molecule has 218 valence electrons. The zero-order valence-electron chi connectivity index (χ0n) is 22.3. The molecule has 0 aromatic rings. The van der Waals surface area contributed by atoms with Gasteiger partial charge in [0.05, 0.1) is 6.04 Å². The minimum absolute atomic E-state index is 0.0197. The summed E-state index contributed by atoms with van der Waals surface area (Å²) in [5, 5.41) is 17.0. The molecular weight excluding hydrogens is 498 g/mol. The molecule has 0 saturated carbocycles. The number of carbonyl (C=O) groups is 5. The summed E-state index contributed by atoms with van der Waals surface area (Å²) in [6.45, 7) is 4.23. The molecule has 0 saturated heterocycles. The lowest BCUT2D eigenvalue weighted by molar-refractivity contribution is -0.142. The molecule has 4 unspecified atom stereocenters. The number of nitrogens with zero attached hydrogens (tertiary/aromatic N) is 1. The fourth-order valence-electron chi connectivity index (χ4n) is 3.48. The number of carboxylic acids is 1. The zero-order chi connectivity index (χ0) is 29.3. The third kappa shape index (κ3) is 15.6. The Morgan fingerprint density at radius 1 is 0.789 bits per heavy atom. The Labute approximate surface area is 223 Å². The predicted molar refractivity (Wildman–Crippen MR) is 142 cm³/mol. The average molecular weight is 544 g/mol. The van der Waals surface area contributed by atoms with Gasteiger partial charge in [-0.3, -0.25) is 24.2 Å². The zero-order valence-corrected chi connectivity index (χ0v) is 22.3. The van der Waals surface area contributed by atoms with Crippen molar-refractivity contribution in [2.45, 2.75) is 89.4 Å². The van der Waals surface area contributed by atoms with Gasteiger partial charge in [0.25, 0.3) is 0 Å². The average Bonchev–Trinajstić information content (AvgIpc) is 2.82. The fourth-order valence-corrected chi connectivity index (χ4v) is 3.48. The first-order valence-electron chi connectivity index (χ1n) is 12.7. The molecule has 0 fully saturated rings. The number of guanidine groups is 1. The van der Waals surface area contributed by atoms with Gasteiger partial charge < -0.3 is 49.7 Å². The molecule has 0 aliphatic heterocycles. The van der Waals surface area contributed by atoms with Gasteiger partial charge in [-0.1, -0.05) is 20.3 Å². The summed E-state index contributed by atoms with van der Waals surface area (Å²) in [5.41, 5.74) is 27.2. The lowest BCUT2D eigenvalue weighted by atomic mass is 10.0. The highest BCUT2D eigenvalue weighted by Gasteiger charge is 2.30. The molecule has 15 nitrogen and oxygen atoms in total. The Balaban J connectivity index is 5.65. The van der Waals surface area contributed by atoms with Gasteiger partial charge in [0, 0.05) is 13.0 Å². The van der Waals surface area contributed by atoms with Crippen LogP contribution in [0.5, 0.6) is 0 Å². The topological polar surface area (TPSA) is 284 Å². The first-order chi connectivity index (χ1) is 17.8. The number of hydrogen-bond donors (Lipinski definition) is 9. The van der Waals surface area contributed by atoms with Crippen LogP contribution in [0.4, 0.5) is 0 Å². The number of rotatable bonds is 20. The quantitative estimate of drug-likeness (QED) is 0.0436. The number of hydrogen-bond acceptors (Lipinski definition) is 8. The number of aliphatic carboxylic acids is 1. The highest BCUT2D eigenvalue weighted by Crippen LogP contribution is 2.08. The van der Waals surface area contributed by atoms with E-state index in [1.54, 1.807) is 0 Å². The van der Waals surface area contributed by atoms with Gasteiger partial charge in [0.15, 0.2) is 5.96 Å². The van der Waals surface area contributed by atoms with Crippen molar-refractivity contribution in [2.75, 3.05) is 13.1 Å². The monoisotopic (exact) mass is 543 g/mol. The van der Waals surface area contributed by atoms with Crippen molar-refractivity contribution >= 4 is 35.6 Å². The van der Waals surface area contributed by atoms with E-state index in [1.165, 1.54) is 0 Å². The molecule has 0 spiro atoms. The highest BCUT2D eigenvalue weighted by atomic mass is 16.4. The standard InChI is InChI=1S/C23H45N9O6/c1-13(2)12-17(22(37)38)32-20(35)15(7-5-11-29-23(27)28)31-21(36)16(8-9-18(26)33)30-19(34)14(25)6-3-4-10-24/h13-17H,3-12,24-25H2,1-2H3,(H2,26,33)(H,30,34)(H,31,36)(H,32,35)(H,37,38)(H4,27,28,29). The summed E-state index contributed by atoms with van der Waals surface area (Å²) in [7, 11) is 0. The van der Waals surface area contributed by atoms with Crippen molar-refractivity contribution in [3.05, 3.63) is 0 Å². The Bertz CT molecular complexity index is 817. The summed E-state index contributed by atoms with van der Waals surface area (Å²) in [6.07, 6.45) is 1.82. The van der Waals surface area contributed by atoms with Gasteiger partial charge in [-0.2, -0.15) is 0 Å². The lowest BCUT2D eigenvalue weighted by Gasteiger charge is -2.25. The van der Waals surface area contributed by atoms with Crippen LogP contribution in [-0.4, -0.2) is 77.9 Å². The van der Waals surface area contributed by atoms with E-state index in [2.05, 4.69) is 20.9 Å². The Morgan fingerprint density at radius 2 is 1.34 bits per heavy atom. The molecular formula is C23H45N9O6. The maximum Gasteiger partial charge on any atom is 0.326 e. The van der Waals surface area contributed by atoms with Crippen molar-refractivity contribution in [3.63, 3.8) is 0 Å². The maximum absolute atomic E-state index is 13.1. The third-order valence-electron chi connectivity index (χ3n) is 5.52. The van der Waals surface area contributed by atoms with Crippen LogP contribution in [-0.2, 0) is 24.0 Å².